The molecule has 1 rings (SSSR count). The molecule has 0 saturated carbocycles. The predicted octanol–water partition coefficient (Wildman–Crippen LogP) is 6.99. The van der Waals surface area contributed by atoms with E-state index < -0.39 is 0 Å². The Balaban J connectivity index is 1.91. The van der Waals surface area contributed by atoms with Crippen LogP contribution in [-0.4, -0.2) is 18.5 Å². The van der Waals surface area contributed by atoms with Crippen molar-refractivity contribution in [3.8, 4) is 5.75 Å². The molecule has 0 radical (unpaired) electrons. The van der Waals surface area contributed by atoms with Crippen molar-refractivity contribution in [2.45, 2.75) is 90.4 Å². The summed E-state index contributed by atoms with van der Waals surface area (Å²) in [6.07, 6.45) is 13.5. The van der Waals surface area contributed by atoms with E-state index in [0.717, 1.165) is 17.3 Å². The van der Waals surface area contributed by atoms with Gasteiger partial charge in [0.2, 0.25) is 0 Å². The normalized spacial score (nSPS) is 10.6. The van der Waals surface area contributed by atoms with Crippen LogP contribution in [0.15, 0.2) is 28.7 Å². The van der Waals surface area contributed by atoms with Crippen LogP contribution in [0.1, 0.15) is 90.4 Å². The molecule has 0 atom stereocenters. The van der Waals surface area contributed by atoms with Gasteiger partial charge in [-0.05, 0) is 37.1 Å². The number of carbonyl (C=O) groups excluding carboxylic acids is 2. The molecule has 0 heterocycles. The van der Waals surface area contributed by atoms with Gasteiger partial charge in [-0.1, -0.05) is 80.6 Å². The first-order valence-electron chi connectivity index (χ1n) is 10.7. The van der Waals surface area contributed by atoms with Gasteiger partial charge in [0, 0.05) is 17.3 Å². The van der Waals surface area contributed by atoms with Crippen LogP contribution >= 0.6 is 15.9 Å². The molecule has 4 nitrogen and oxygen atoms in total. The molecular formula is C23H35BrO4. The minimum atomic E-state index is -0.329. The lowest BCUT2D eigenvalue weighted by Crippen LogP contribution is -2.10. The molecule has 0 aliphatic heterocycles. The van der Waals surface area contributed by atoms with Gasteiger partial charge in [0.1, 0.15) is 5.75 Å². The van der Waals surface area contributed by atoms with Gasteiger partial charge in [-0.2, -0.15) is 0 Å². The Morgan fingerprint density at radius 2 is 1.29 bits per heavy atom. The number of carbonyl (C=O) groups is 2. The molecular weight excluding hydrogens is 420 g/mol. The molecule has 1 aromatic carbocycles. The lowest BCUT2D eigenvalue weighted by atomic mass is 10.1. The number of ether oxygens (including phenoxy) is 2. The van der Waals surface area contributed by atoms with E-state index in [1.807, 2.05) is 12.1 Å². The zero-order valence-electron chi connectivity index (χ0n) is 17.2. The van der Waals surface area contributed by atoms with Crippen molar-refractivity contribution in [1.29, 1.82) is 0 Å². The molecule has 0 aliphatic carbocycles. The third kappa shape index (κ3) is 13.8. The number of hydrogen-bond donors (Lipinski definition) is 0. The molecule has 1 aromatic rings. The summed E-state index contributed by atoms with van der Waals surface area (Å²) in [5, 5.41) is 0. The van der Waals surface area contributed by atoms with E-state index in [1.165, 1.54) is 51.4 Å². The van der Waals surface area contributed by atoms with Crippen LogP contribution in [0.2, 0.25) is 0 Å². The minimum Gasteiger partial charge on any atom is -0.466 e. The van der Waals surface area contributed by atoms with Crippen molar-refractivity contribution < 1.29 is 19.1 Å². The Bertz CT molecular complexity index is 542. The maximum atomic E-state index is 11.8. The molecule has 0 N–H and O–H groups in total. The van der Waals surface area contributed by atoms with Crippen molar-refractivity contribution in [3.63, 3.8) is 0 Å². The van der Waals surface area contributed by atoms with Gasteiger partial charge in [-0.15, -0.1) is 0 Å². The summed E-state index contributed by atoms with van der Waals surface area (Å²) in [5.74, 6) is -0.0473. The summed E-state index contributed by atoms with van der Waals surface area (Å²) in [4.78, 5) is 23.5. The average molecular weight is 455 g/mol. The Hall–Kier alpha value is -1.36. The van der Waals surface area contributed by atoms with Crippen molar-refractivity contribution in [1.82, 2.24) is 0 Å². The summed E-state index contributed by atoms with van der Waals surface area (Å²) in [6, 6.07) is 7.08. The van der Waals surface area contributed by atoms with E-state index in [2.05, 4.69) is 22.9 Å². The highest BCUT2D eigenvalue weighted by Crippen LogP contribution is 2.17. The Labute approximate surface area is 178 Å². The molecule has 0 aliphatic rings. The highest BCUT2D eigenvalue weighted by molar-refractivity contribution is 9.10. The second kappa shape index (κ2) is 16.6. The van der Waals surface area contributed by atoms with Gasteiger partial charge in [-0.25, -0.2) is 0 Å². The van der Waals surface area contributed by atoms with E-state index in [9.17, 15) is 9.59 Å². The van der Waals surface area contributed by atoms with Crippen LogP contribution < -0.4 is 4.74 Å². The van der Waals surface area contributed by atoms with Crippen LogP contribution in [-0.2, 0) is 14.3 Å². The molecule has 0 bridgehead atoms. The lowest BCUT2D eigenvalue weighted by Gasteiger charge is -2.06. The maximum Gasteiger partial charge on any atom is 0.311 e. The van der Waals surface area contributed by atoms with Gasteiger partial charge in [0.15, 0.2) is 0 Å². The Morgan fingerprint density at radius 1 is 0.750 bits per heavy atom. The summed E-state index contributed by atoms with van der Waals surface area (Å²) in [6.45, 7) is 2.73. The standard InChI is InChI=1S/C23H35BrO4/c1-2-3-4-5-6-7-8-9-10-11-19-27-22(25)13-12-14-23(26)28-21-17-15-20(24)16-18-21/h15-18H,2-14,19H2,1H3. The fourth-order valence-corrected chi connectivity index (χ4v) is 3.17. The first kappa shape index (κ1) is 24.7. The second-order valence-corrected chi connectivity index (χ2v) is 8.10. The van der Waals surface area contributed by atoms with Crippen molar-refractivity contribution in [2.75, 3.05) is 6.61 Å². The number of halogens is 1. The topological polar surface area (TPSA) is 52.6 Å². The first-order chi connectivity index (χ1) is 13.6. The van der Waals surface area contributed by atoms with Crippen LogP contribution in [0.5, 0.6) is 5.75 Å². The van der Waals surface area contributed by atoms with E-state index in [4.69, 9.17) is 9.47 Å². The second-order valence-electron chi connectivity index (χ2n) is 7.18. The molecule has 0 aromatic heterocycles. The molecule has 28 heavy (non-hydrogen) atoms. The predicted molar refractivity (Wildman–Crippen MR) is 116 cm³/mol. The van der Waals surface area contributed by atoms with E-state index in [-0.39, 0.29) is 24.8 Å². The molecule has 0 unspecified atom stereocenters. The Kier molecular flexibility index (Phi) is 14.6. The average Bonchev–Trinajstić information content (AvgIpc) is 2.68. The van der Waals surface area contributed by atoms with Gasteiger partial charge < -0.3 is 9.47 Å². The highest BCUT2D eigenvalue weighted by Gasteiger charge is 2.08. The summed E-state index contributed by atoms with van der Waals surface area (Å²) < 4.78 is 11.4. The summed E-state index contributed by atoms with van der Waals surface area (Å²) in [5.41, 5.74) is 0. The first-order valence-corrected chi connectivity index (χ1v) is 11.5. The minimum absolute atomic E-state index is 0.212. The van der Waals surface area contributed by atoms with Gasteiger partial charge >= 0.3 is 11.9 Å². The summed E-state index contributed by atoms with van der Waals surface area (Å²) in [7, 11) is 0. The fraction of sp³-hybridized carbons (Fsp3) is 0.652. The van der Waals surface area contributed by atoms with Crippen LogP contribution in [0.3, 0.4) is 0 Å². The van der Waals surface area contributed by atoms with Crippen LogP contribution in [0.4, 0.5) is 0 Å². The van der Waals surface area contributed by atoms with Gasteiger partial charge in [0.25, 0.3) is 0 Å². The summed E-state index contributed by atoms with van der Waals surface area (Å²) >= 11 is 3.33. The number of esters is 2. The van der Waals surface area contributed by atoms with Crippen molar-refractivity contribution in [2.24, 2.45) is 0 Å². The quantitative estimate of drug-likeness (QED) is 0.153. The highest BCUT2D eigenvalue weighted by atomic mass is 79.9. The van der Waals surface area contributed by atoms with Crippen molar-refractivity contribution >= 4 is 27.9 Å². The lowest BCUT2D eigenvalue weighted by molar-refractivity contribution is -0.144. The van der Waals surface area contributed by atoms with Crippen molar-refractivity contribution in [3.05, 3.63) is 28.7 Å². The molecule has 0 amide bonds. The molecule has 0 spiro atoms. The van der Waals surface area contributed by atoms with E-state index in [1.54, 1.807) is 12.1 Å². The fourth-order valence-electron chi connectivity index (χ4n) is 2.91. The SMILES string of the molecule is CCCCCCCCCCCCOC(=O)CCCC(=O)Oc1ccc(Br)cc1. The van der Waals surface area contributed by atoms with Gasteiger partial charge in [0.05, 0.1) is 6.61 Å². The maximum absolute atomic E-state index is 11.8. The van der Waals surface area contributed by atoms with E-state index >= 15 is 0 Å². The molecule has 158 valence electrons. The number of rotatable bonds is 16. The number of benzene rings is 1. The van der Waals surface area contributed by atoms with E-state index in [0.29, 0.717) is 18.8 Å². The number of unbranched alkanes of at least 4 members (excludes halogenated alkanes) is 9. The Morgan fingerprint density at radius 3 is 1.89 bits per heavy atom. The number of hydrogen-bond acceptors (Lipinski definition) is 4. The molecule has 5 heteroatoms. The molecule has 0 saturated heterocycles. The third-order valence-corrected chi connectivity index (χ3v) is 5.10. The van der Waals surface area contributed by atoms with Crippen LogP contribution in [0, 0.1) is 0 Å². The zero-order valence-corrected chi connectivity index (χ0v) is 18.8. The third-order valence-electron chi connectivity index (χ3n) is 4.57. The monoisotopic (exact) mass is 454 g/mol. The zero-order chi connectivity index (χ0) is 20.5. The van der Waals surface area contributed by atoms with Gasteiger partial charge in [-0.3, -0.25) is 9.59 Å². The largest absolute Gasteiger partial charge is 0.466 e. The smallest absolute Gasteiger partial charge is 0.311 e. The molecule has 0 fully saturated rings. The van der Waals surface area contributed by atoms with Crippen LogP contribution in [0.25, 0.3) is 0 Å².